The van der Waals surface area contributed by atoms with Crippen molar-refractivity contribution in [1.82, 2.24) is 30.0 Å². The van der Waals surface area contributed by atoms with Crippen molar-refractivity contribution < 1.29 is 4.40 Å². The summed E-state index contributed by atoms with van der Waals surface area (Å²) in [4.78, 5) is 27.2. The second-order valence-electron chi connectivity index (χ2n) is 9.31. The first-order valence-electron chi connectivity index (χ1n) is 12.3. The van der Waals surface area contributed by atoms with Crippen molar-refractivity contribution in [2.24, 2.45) is 0 Å². The van der Waals surface area contributed by atoms with E-state index in [1.165, 1.54) is 4.40 Å². The molecule has 0 bridgehead atoms. The molecule has 4 N–H and O–H groups in total. The molecule has 0 aliphatic rings. The Balaban J connectivity index is 1.57. The molecule has 188 valence electrons. The number of nitrogens with two attached hydrogens (primary N) is 1. The predicted octanol–water partition coefficient (Wildman–Crippen LogP) is 3.29. The zero-order chi connectivity index (χ0) is 26.1. The number of nitrogens with zero attached hydrogens (tertiary/aromatic N) is 5. The number of nitrogen functional groups attached to an aromatic ring is 1. The third-order valence-corrected chi connectivity index (χ3v) is 6.37. The minimum absolute atomic E-state index is 0.0439. The number of benzene rings is 1. The first kappa shape index (κ1) is 24.3. The van der Waals surface area contributed by atoms with Gasteiger partial charge in [0.25, 0.3) is 0 Å². The van der Waals surface area contributed by atoms with Crippen LogP contribution in [-0.2, 0) is 6.54 Å². The first-order valence-corrected chi connectivity index (χ1v) is 12.3. The summed E-state index contributed by atoms with van der Waals surface area (Å²) in [6, 6.07) is 19.9. The standard InChI is InChI=1S/C28H30N8O/c1-17-9-8-12-23(32-17)20(4)30-13-14-35-28(37)36-26(34-35)24(22-15-18(2)31-19(3)16-22)25(33-27(36)29)21-10-6-5-7-11-21/h5-12,15-16,20,30H,13-14H2,1-4H3,(H2,29,31,33,34)/p+1/t20-/m0/s1. The smallest absolute Gasteiger partial charge is 0.319 e. The van der Waals surface area contributed by atoms with Gasteiger partial charge in [-0.1, -0.05) is 36.4 Å². The second-order valence-corrected chi connectivity index (χ2v) is 9.31. The van der Waals surface area contributed by atoms with Gasteiger partial charge in [0.2, 0.25) is 5.65 Å². The molecule has 0 radical (unpaired) electrons. The summed E-state index contributed by atoms with van der Waals surface area (Å²) >= 11 is 0. The highest BCUT2D eigenvalue weighted by molar-refractivity contribution is 5.88. The van der Waals surface area contributed by atoms with Crippen LogP contribution >= 0.6 is 0 Å². The van der Waals surface area contributed by atoms with Gasteiger partial charge in [-0.2, -0.15) is 4.68 Å². The summed E-state index contributed by atoms with van der Waals surface area (Å²) in [6.07, 6.45) is 0. The van der Waals surface area contributed by atoms with Gasteiger partial charge in [0, 0.05) is 35.2 Å². The molecule has 1 atom stereocenters. The zero-order valence-electron chi connectivity index (χ0n) is 21.5. The number of aromatic amines is 1. The average Bonchev–Trinajstić information content (AvgIpc) is 3.20. The van der Waals surface area contributed by atoms with Gasteiger partial charge in [-0.15, -0.1) is 9.38 Å². The van der Waals surface area contributed by atoms with Crippen LogP contribution in [0.2, 0.25) is 0 Å². The topological polar surface area (TPSA) is 119 Å². The monoisotopic (exact) mass is 495 g/mol. The van der Waals surface area contributed by atoms with E-state index >= 15 is 0 Å². The molecular formula is C28H31N8O+. The number of anilines is 1. The molecule has 0 saturated heterocycles. The average molecular weight is 496 g/mol. The van der Waals surface area contributed by atoms with E-state index in [1.54, 1.807) is 4.68 Å². The maximum Gasteiger partial charge on any atom is 0.428 e. The fourth-order valence-corrected chi connectivity index (χ4v) is 4.67. The lowest BCUT2D eigenvalue weighted by Gasteiger charge is -2.13. The Morgan fingerprint density at radius 2 is 1.68 bits per heavy atom. The molecule has 0 unspecified atom stereocenters. The van der Waals surface area contributed by atoms with Crippen LogP contribution < -0.4 is 21.1 Å². The minimum Gasteiger partial charge on any atom is -0.319 e. The molecule has 0 fully saturated rings. The Morgan fingerprint density at radius 1 is 0.946 bits per heavy atom. The van der Waals surface area contributed by atoms with Crippen LogP contribution in [0, 0.1) is 20.8 Å². The van der Waals surface area contributed by atoms with E-state index in [-0.39, 0.29) is 17.7 Å². The fraction of sp³-hybridized carbons (Fsp3) is 0.250. The summed E-state index contributed by atoms with van der Waals surface area (Å²) in [5.41, 5.74) is 13.7. The molecule has 0 saturated carbocycles. The third kappa shape index (κ3) is 4.85. The number of aromatic nitrogens is 6. The Kier molecular flexibility index (Phi) is 6.54. The highest BCUT2D eigenvalue weighted by Gasteiger charge is 2.26. The quantitative estimate of drug-likeness (QED) is 0.298. The summed E-state index contributed by atoms with van der Waals surface area (Å²) < 4.78 is 3.01. The van der Waals surface area contributed by atoms with Crippen LogP contribution in [0.25, 0.3) is 28.0 Å². The molecule has 4 heterocycles. The van der Waals surface area contributed by atoms with Gasteiger partial charge in [-0.05, 0) is 57.5 Å². The normalized spacial score (nSPS) is 12.2. The van der Waals surface area contributed by atoms with Gasteiger partial charge in [0.05, 0.1) is 17.8 Å². The van der Waals surface area contributed by atoms with Gasteiger partial charge in [-0.25, -0.2) is 9.89 Å². The van der Waals surface area contributed by atoms with Crippen LogP contribution in [0.5, 0.6) is 0 Å². The lowest BCUT2D eigenvalue weighted by molar-refractivity contribution is -0.516. The van der Waals surface area contributed by atoms with Crippen molar-refractivity contribution >= 4 is 11.6 Å². The van der Waals surface area contributed by atoms with E-state index in [1.807, 2.05) is 81.4 Å². The number of pyridine rings is 2. The van der Waals surface area contributed by atoms with Crippen molar-refractivity contribution in [3.63, 3.8) is 0 Å². The van der Waals surface area contributed by atoms with E-state index < -0.39 is 0 Å². The maximum absolute atomic E-state index is 13.4. The van der Waals surface area contributed by atoms with Crippen molar-refractivity contribution in [3.05, 3.63) is 93.9 Å². The van der Waals surface area contributed by atoms with E-state index in [0.29, 0.717) is 24.4 Å². The molecule has 0 amide bonds. The predicted molar refractivity (Wildman–Crippen MR) is 144 cm³/mol. The molecule has 37 heavy (non-hydrogen) atoms. The lowest BCUT2D eigenvalue weighted by atomic mass is 9.99. The van der Waals surface area contributed by atoms with E-state index in [0.717, 1.165) is 39.5 Å². The number of fused-ring (bicyclic) bond motifs is 1. The Labute approximate surface area is 215 Å². The van der Waals surface area contributed by atoms with Crippen LogP contribution in [0.1, 0.15) is 35.7 Å². The molecule has 9 nitrogen and oxygen atoms in total. The third-order valence-electron chi connectivity index (χ3n) is 6.37. The Bertz CT molecular complexity index is 1620. The largest absolute Gasteiger partial charge is 0.428 e. The number of hydrogen-bond donors (Lipinski definition) is 3. The lowest BCUT2D eigenvalue weighted by Crippen LogP contribution is -2.45. The number of nitrogens with one attached hydrogen (secondary N) is 2. The van der Waals surface area contributed by atoms with Crippen LogP contribution in [0.3, 0.4) is 0 Å². The number of H-pyrrole nitrogens is 1. The number of rotatable bonds is 7. The van der Waals surface area contributed by atoms with Gasteiger partial charge in [0.1, 0.15) is 5.69 Å². The van der Waals surface area contributed by atoms with Gasteiger partial charge in [-0.3, -0.25) is 9.97 Å². The van der Waals surface area contributed by atoms with Crippen molar-refractivity contribution in [3.8, 4) is 22.4 Å². The van der Waals surface area contributed by atoms with Crippen molar-refractivity contribution in [2.75, 3.05) is 12.3 Å². The highest BCUT2D eigenvalue weighted by atomic mass is 16.2. The fourth-order valence-electron chi connectivity index (χ4n) is 4.67. The van der Waals surface area contributed by atoms with E-state index in [4.69, 9.17) is 10.7 Å². The van der Waals surface area contributed by atoms with Crippen LogP contribution in [-0.4, -0.2) is 31.3 Å². The highest BCUT2D eigenvalue weighted by Crippen LogP contribution is 2.33. The van der Waals surface area contributed by atoms with Gasteiger partial charge < -0.3 is 11.1 Å². The zero-order valence-corrected chi connectivity index (χ0v) is 21.5. The summed E-state index contributed by atoms with van der Waals surface area (Å²) in [5, 5.41) is 6.77. The molecule has 9 heteroatoms. The molecule has 5 rings (SSSR count). The van der Waals surface area contributed by atoms with E-state index in [2.05, 4.69) is 27.3 Å². The summed E-state index contributed by atoms with van der Waals surface area (Å²) in [7, 11) is 0. The van der Waals surface area contributed by atoms with Gasteiger partial charge >= 0.3 is 11.6 Å². The Hall–Kier alpha value is -4.37. The summed E-state index contributed by atoms with van der Waals surface area (Å²) in [6.45, 7) is 8.93. The van der Waals surface area contributed by atoms with Gasteiger partial charge in [0.15, 0.2) is 0 Å². The molecule has 4 aromatic heterocycles. The molecular weight excluding hydrogens is 464 g/mol. The molecule has 0 aliphatic carbocycles. The Morgan fingerprint density at radius 3 is 2.38 bits per heavy atom. The number of aryl methyl sites for hydroxylation is 3. The molecule has 1 aromatic carbocycles. The SMILES string of the molecule is Cc1cc(-c2c(-c3ccccc3)nc(N)[n+]3c(=O)n(CCN[C@@H](C)c4cccc(C)n4)[nH]c23)cc(C)n1. The first-order chi connectivity index (χ1) is 17.8. The summed E-state index contributed by atoms with van der Waals surface area (Å²) in [5.74, 6) is 0.130. The minimum atomic E-state index is -0.272. The molecule has 5 aromatic rings. The van der Waals surface area contributed by atoms with Crippen LogP contribution in [0.4, 0.5) is 5.95 Å². The second kappa shape index (κ2) is 9.94. The van der Waals surface area contributed by atoms with Crippen molar-refractivity contribution in [1.29, 1.82) is 0 Å². The molecule has 0 spiro atoms. The number of hydrogen-bond acceptors (Lipinski definition) is 6. The molecule has 0 aliphatic heterocycles. The van der Waals surface area contributed by atoms with E-state index in [9.17, 15) is 4.79 Å². The maximum atomic E-state index is 13.4. The van der Waals surface area contributed by atoms with Crippen LogP contribution in [0.15, 0.2) is 65.5 Å². The van der Waals surface area contributed by atoms with Crippen molar-refractivity contribution in [2.45, 2.75) is 40.3 Å².